The maximum Gasteiger partial charge on any atom is 0.416 e. The summed E-state index contributed by atoms with van der Waals surface area (Å²) in [5.41, 5.74) is 0.297. The molecule has 9 heteroatoms. The van der Waals surface area contributed by atoms with E-state index in [1.54, 1.807) is 6.92 Å². The highest BCUT2D eigenvalue weighted by atomic mass is 19.4. The fourth-order valence-corrected chi connectivity index (χ4v) is 2.94. The third kappa shape index (κ3) is 5.23. The molecule has 3 rings (SSSR count). The van der Waals surface area contributed by atoms with E-state index in [-0.39, 0.29) is 16.8 Å². The quantitative estimate of drug-likeness (QED) is 0.376. The molecule has 0 saturated carbocycles. The molecule has 0 aliphatic heterocycles. The number of aryl methyl sites for hydroxylation is 1. The van der Waals surface area contributed by atoms with E-state index in [0.29, 0.717) is 16.9 Å². The van der Waals surface area contributed by atoms with Crippen LogP contribution in [0, 0.1) is 12.7 Å². The topological polar surface area (TPSA) is 67.4 Å². The summed E-state index contributed by atoms with van der Waals surface area (Å²) < 4.78 is 57.7. The van der Waals surface area contributed by atoms with Crippen molar-refractivity contribution in [1.29, 1.82) is 0 Å². The summed E-state index contributed by atoms with van der Waals surface area (Å²) in [6, 6.07) is 12.2. The van der Waals surface area contributed by atoms with Crippen LogP contribution < -0.4 is 10.6 Å². The number of benzene rings is 3. The summed E-state index contributed by atoms with van der Waals surface area (Å²) in [6.07, 6.45) is -4.62. The van der Waals surface area contributed by atoms with Crippen LogP contribution in [-0.4, -0.2) is 19.0 Å². The van der Waals surface area contributed by atoms with Gasteiger partial charge in [0.25, 0.3) is 5.91 Å². The number of rotatable bonds is 5. The Morgan fingerprint density at radius 1 is 0.906 bits per heavy atom. The summed E-state index contributed by atoms with van der Waals surface area (Å²) in [5.74, 6) is -1.72. The first-order chi connectivity index (χ1) is 15.1. The fourth-order valence-electron chi connectivity index (χ4n) is 2.94. The van der Waals surface area contributed by atoms with Gasteiger partial charge in [0, 0.05) is 11.4 Å². The lowest BCUT2D eigenvalue weighted by atomic mass is 10.1. The van der Waals surface area contributed by atoms with Crippen molar-refractivity contribution in [3.05, 3.63) is 88.7 Å². The molecule has 0 aliphatic rings. The number of anilines is 3. The molecule has 5 nitrogen and oxygen atoms in total. The van der Waals surface area contributed by atoms with Gasteiger partial charge in [-0.1, -0.05) is 0 Å². The van der Waals surface area contributed by atoms with E-state index in [0.717, 1.165) is 24.3 Å². The number of alkyl halides is 3. The van der Waals surface area contributed by atoms with Gasteiger partial charge in [-0.05, 0) is 73.2 Å². The smallest absolute Gasteiger partial charge is 0.416 e. The van der Waals surface area contributed by atoms with Crippen LogP contribution in [0.1, 0.15) is 31.8 Å². The van der Waals surface area contributed by atoms with Gasteiger partial charge in [-0.25, -0.2) is 9.18 Å². The molecule has 0 radical (unpaired) electrons. The van der Waals surface area contributed by atoms with E-state index in [1.165, 1.54) is 43.5 Å². The summed E-state index contributed by atoms with van der Waals surface area (Å²) in [7, 11) is 1.24. The van der Waals surface area contributed by atoms with Crippen LogP contribution in [-0.2, 0) is 10.9 Å². The van der Waals surface area contributed by atoms with Crippen LogP contribution in [0.4, 0.5) is 34.6 Å². The van der Waals surface area contributed by atoms with Crippen molar-refractivity contribution in [2.75, 3.05) is 17.7 Å². The number of esters is 1. The van der Waals surface area contributed by atoms with Gasteiger partial charge in [-0.15, -0.1) is 0 Å². The van der Waals surface area contributed by atoms with Gasteiger partial charge in [0.1, 0.15) is 5.82 Å². The van der Waals surface area contributed by atoms with Crippen molar-refractivity contribution in [3.63, 3.8) is 0 Å². The molecule has 0 unspecified atom stereocenters. The zero-order valence-corrected chi connectivity index (χ0v) is 17.0. The van der Waals surface area contributed by atoms with Gasteiger partial charge >= 0.3 is 12.1 Å². The molecule has 0 heterocycles. The molecule has 32 heavy (non-hydrogen) atoms. The number of amides is 1. The normalized spacial score (nSPS) is 11.1. The average molecular weight is 446 g/mol. The van der Waals surface area contributed by atoms with Crippen molar-refractivity contribution in [1.82, 2.24) is 0 Å². The van der Waals surface area contributed by atoms with Gasteiger partial charge in [0.2, 0.25) is 0 Å². The molecule has 1 amide bonds. The Kier molecular flexibility index (Phi) is 6.47. The van der Waals surface area contributed by atoms with Gasteiger partial charge in [0.15, 0.2) is 0 Å². The molecule has 166 valence electrons. The van der Waals surface area contributed by atoms with Crippen LogP contribution in [0.5, 0.6) is 0 Å². The van der Waals surface area contributed by atoms with Crippen molar-refractivity contribution in [2.24, 2.45) is 0 Å². The van der Waals surface area contributed by atoms with Crippen molar-refractivity contribution >= 4 is 28.9 Å². The number of hydrogen-bond donors (Lipinski definition) is 2. The van der Waals surface area contributed by atoms with E-state index in [9.17, 15) is 27.2 Å². The number of carbonyl (C=O) groups excluding carboxylic acids is 2. The molecule has 0 bridgehead atoms. The first-order valence-corrected chi connectivity index (χ1v) is 9.32. The lowest BCUT2D eigenvalue weighted by molar-refractivity contribution is -0.137. The minimum Gasteiger partial charge on any atom is -0.465 e. The molecular weight excluding hydrogens is 428 g/mol. The van der Waals surface area contributed by atoms with Crippen LogP contribution in [0.25, 0.3) is 0 Å². The zero-order valence-electron chi connectivity index (χ0n) is 17.0. The highest BCUT2D eigenvalue weighted by Gasteiger charge is 2.31. The standard InChI is InChI=1S/C23H18F4N2O3/c1-13-11-16(24)6-10-19(13)29-20-12-15(23(25,26)27)5-9-18(20)21(30)28-17-7-3-14(4-8-17)22(31)32-2/h3-12,29H,1-2H3,(H,28,30). The van der Waals surface area contributed by atoms with Crippen LogP contribution >= 0.6 is 0 Å². The average Bonchev–Trinajstić information content (AvgIpc) is 2.75. The lowest BCUT2D eigenvalue weighted by Gasteiger charge is -2.17. The van der Waals surface area contributed by atoms with E-state index < -0.39 is 29.4 Å². The minimum atomic E-state index is -4.62. The Hall–Kier alpha value is -3.88. The molecular formula is C23H18F4N2O3. The second kappa shape index (κ2) is 9.09. The number of halogens is 4. The third-order valence-electron chi connectivity index (χ3n) is 4.61. The number of carbonyl (C=O) groups is 2. The lowest BCUT2D eigenvalue weighted by Crippen LogP contribution is -2.16. The SMILES string of the molecule is COC(=O)c1ccc(NC(=O)c2ccc(C(F)(F)F)cc2Nc2ccc(F)cc2C)cc1. The van der Waals surface area contributed by atoms with Gasteiger partial charge in [-0.3, -0.25) is 4.79 Å². The molecule has 3 aromatic rings. The van der Waals surface area contributed by atoms with E-state index in [4.69, 9.17) is 0 Å². The van der Waals surface area contributed by atoms with Gasteiger partial charge < -0.3 is 15.4 Å². The van der Waals surface area contributed by atoms with E-state index in [2.05, 4.69) is 15.4 Å². The Labute approximate surface area is 181 Å². The number of ether oxygens (including phenoxy) is 1. The van der Waals surface area contributed by atoms with Gasteiger partial charge in [0.05, 0.1) is 29.5 Å². The maximum absolute atomic E-state index is 13.4. The molecule has 0 saturated heterocycles. The van der Waals surface area contributed by atoms with Gasteiger partial charge in [-0.2, -0.15) is 13.2 Å². The second-order valence-corrected chi connectivity index (χ2v) is 6.87. The monoisotopic (exact) mass is 446 g/mol. The van der Waals surface area contributed by atoms with Crippen molar-refractivity contribution in [2.45, 2.75) is 13.1 Å². The number of methoxy groups -OCH3 is 1. The minimum absolute atomic E-state index is 0.0567. The fraction of sp³-hybridized carbons (Fsp3) is 0.130. The predicted octanol–water partition coefficient (Wildman–Crippen LogP) is 5.94. The van der Waals surface area contributed by atoms with Crippen LogP contribution in [0.15, 0.2) is 60.7 Å². The first-order valence-electron chi connectivity index (χ1n) is 9.32. The largest absolute Gasteiger partial charge is 0.465 e. The molecule has 2 N–H and O–H groups in total. The summed E-state index contributed by atoms with van der Waals surface area (Å²) in [4.78, 5) is 24.3. The number of nitrogens with one attached hydrogen (secondary N) is 2. The predicted molar refractivity (Wildman–Crippen MR) is 112 cm³/mol. The summed E-state index contributed by atoms with van der Waals surface area (Å²) >= 11 is 0. The highest BCUT2D eigenvalue weighted by Crippen LogP contribution is 2.34. The molecule has 0 fully saturated rings. The second-order valence-electron chi connectivity index (χ2n) is 6.87. The third-order valence-corrected chi connectivity index (χ3v) is 4.61. The Morgan fingerprint density at radius 2 is 1.59 bits per heavy atom. The Morgan fingerprint density at radius 3 is 2.19 bits per heavy atom. The number of hydrogen-bond acceptors (Lipinski definition) is 4. The molecule has 0 spiro atoms. The summed E-state index contributed by atoms with van der Waals surface area (Å²) in [5, 5.41) is 5.37. The highest BCUT2D eigenvalue weighted by molar-refractivity contribution is 6.08. The molecule has 3 aromatic carbocycles. The van der Waals surface area contributed by atoms with E-state index >= 15 is 0 Å². The van der Waals surface area contributed by atoms with Crippen LogP contribution in [0.3, 0.4) is 0 Å². The van der Waals surface area contributed by atoms with Crippen molar-refractivity contribution < 1.29 is 31.9 Å². The summed E-state index contributed by atoms with van der Waals surface area (Å²) in [6.45, 7) is 1.58. The van der Waals surface area contributed by atoms with Crippen molar-refractivity contribution in [3.8, 4) is 0 Å². The Balaban J connectivity index is 1.93. The molecule has 0 aliphatic carbocycles. The molecule has 0 atom stereocenters. The maximum atomic E-state index is 13.4. The Bertz CT molecular complexity index is 1160. The molecule has 0 aromatic heterocycles. The first kappa shape index (κ1) is 22.8. The van der Waals surface area contributed by atoms with Crippen LogP contribution in [0.2, 0.25) is 0 Å². The zero-order chi connectivity index (χ0) is 23.5. The van der Waals surface area contributed by atoms with E-state index in [1.807, 2.05) is 0 Å².